The van der Waals surface area contributed by atoms with Crippen molar-refractivity contribution in [3.8, 4) is 12.1 Å². The summed E-state index contributed by atoms with van der Waals surface area (Å²) in [5.74, 6) is 0.124. The van der Waals surface area contributed by atoms with Crippen molar-refractivity contribution in [2.75, 3.05) is 32.2 Å². The van der Waals surface area contributed by atoms with Crippen LogP contribution < -0.4 is 5.73 Å². The van der Waals surface area contributed by atoms with Crippen molar-refractivity contribution in [1.82, 2.24) is 14.6 Å². The van der Waals surface area contributed by atoms with E-state index in [1.807, 2.05) is 6.07 Å². The summed E-state index contributed by atoms with van der Waals surface area (Å²) in [4.78, 5) is 14.5. The van der Waals surface area contributed by atoms with Gasteiger partial charge < -0.3 is 35.1 Å². The molecule has 314 valence electrons. The number of phosphoric acid groups is 1. The molecular formula is C41H61N6O9P. The maximum absolute atomic E-state index is 13.0. The van der Waals surface area contributed by atoms with E-state index in [-0.39, 0.29) is 31.3 Å². The topological polar surface area (TPSA) is 228 Å². The number of nitrogens with two attached hydrogens (primary N) is 1. The highest BCUT2D eigenvalue weighted by atomic mass is 31.2. The second-order valence-electron chi connectivity index (χ2n) is 14.8. The van der Waals surface area contributed by atoms with Crippen molar-refractivity contribution < 1.29 is 42.9 Å². The largest absolute Gasteiger partial charge is 0.472 e. The Kier molecular flexibility index (Phi) is 19.8. The van der Waals surface area contributed by atoms with Gasteiger partial charge in [-0.2, -0.15) is 15.6 Å². The Balaban J connectivity index is 1.18. The van der Waals surface area contributed by atoms with E-state index in [1.54, 1.807) is 24.3 Å². The van der Waals surface area contributed by atoms with Gasteiger partial charge in [-0.15, -0.1) is 0 Å². The van der Waals surface area contributed by atoms with E-state index >= 15 is 0 Å². The average Bonchev–Trinajstić information content (AvgIpc) is 3.76. The van der Waals surface area contributed by atoms with Crippen LogP contribution in [-0.2, 0) is 40.0 Å². The van der Waals surface area contributed by atoms with Crippen LogP contribution in [0.25, 0.3) is 5.52 Å². The van der Waals surface area contributed by atoms with Crippen LogP contribution in [0.3, 0.4) is 0 Å². The third kappa shape index (κ3) is 14.4. The average molecular weight is 813 g/mol. The molecular weight excluding hydrogens is 751 g/mol. The number of aromatic nitrogens is 3. The Morgan fingerprint density at radius 3 is 2.21 bits per heavy atom. The molecule has 0 amide bonds. The highest BCUT2D eigenvalue weighted by molar-refractivity contribution is 7.47. The number of hydrogen-bond acceptors (Lipinski definition) is 13. The van der Waals surface area contributed by atoms with Crippen LogP contribution in [0.15, 0.2) is 42.7 Å². The Labute approximate surface area is 336 Å². The van der Waals surface area contributed by atoms with Crippen molar-refractivity contribution in [2.24, 2.45) is 0 Å². The number of aliphatic hydroxyl groups is 2. The molecule has 6 atom stereocenters. The van der Waals surface area contributed by atoms with Gasteiger partial charge in [-0.25, -0.2) is 14.1 Å². The molecule has 1 aliphatic heterocycles. The number of fused-ring (bicyclic) bond motifs is 1. The second-order valence-corrected chi connectivity index (χ2v) is 16.2. The van der Waals surface area contributed by atoms with Crippen molar-refractivity contribution in [2.45, 2.75) is 146 Å². The fraction of sp³-hybridized carbons (Fsp3) is 0.659. The lowest BCUT2D eigenvalue weighted by Crippen LogP contribution is -2.41. The Hall–Kier alpha value is -3.47. The molecule has 3 aromatic rings. The van der Waals surface area contributed by atoms with E-state index < -0.39 is 44.4 Å². The van der Waals surface area contributed by atoms with E-state index in [0.717, 1.165) is 24.8 Å². The zero-order chi connectivity index (χ0) is 40.9. The van der Waals surface area contributed by atoms with Crippen LogP contribution in [0.1, 0.15) is 126 Å². The second kappa shape index (κ2) is 24.5. The highest BCUT2D eigenvalue weighted by Gasteiger charge is 2.58. The van der Waals surface area contributed by atoms with Crippen LogP contribution in [0.4, 0.5) is 5.82 Å². The minimum atomic E-state index is -4.76. The van der Waals surface area contributed by atoms with E-state index in [1.165, 1.54) is 106 Å². The molecule has 4 rings (SSSR count). The number of nitrogen functional groups attached to an aromatic ring is 1. The summed E-state index contributed by atoms with van der Waals surface area (Å²) in [7, 11) is -4.76. The van der Waals surface area contributed by atoms with Gasteiger partial charge in [0.05, 0.1) is 43.8 Å². The molecule has 5 N–H and O–H groups in total. The van der Waals surface area contributed by atoms with Crippen molar-refractivity contribution in [1.29, 1.82) is 10.5 Å². The summed E-state index contributed by atoms with van der Waals surface area (Å²) in [6.45, 7) is 1.86. The van der Waals surface area contributed by atoms with Gasteiger partial charge in [0.1, 0.15) is 42.3 Å². The number of hydrogen-bond donors (Lipinski definition) is 4. The third-order valence-electron chi connectivity index (χ3n) is 10.3. The molecule has 0 spiro atoms. The van der Waals surface area contributed by atoms with Gasteiger partial charge in [0, 0.05) is 6.61 Å². The molecule has 0 bridgehead atoms. The van der Waals surface area contributed by atoms with E-state index in [0.29, 0.717) is 17.7 Å². The van der Waals surface area contributed by atoms with Gasteiger partial charge in [-0.05, 0) is 36.2 Å². The van der Waals surface area contributed by atoms with Crippen molar-refractivity contribution >= 4 is 19.2 Å². The Bertz CT molecular complexity index is 1770. The predicted molar refractivity (Wildman–Crippen MR) is 213 cm³/mol. The summed E-state index contributed by atoms with van der Waals surface area (Å²) < 4.78 is 42.5. The minimum absolute atomic E-state index is 0.0754. The fourth-order valence-electron chi connectivity index (χ4n) is 6.99. The number of rotatable bonds is 29. The zero-order valence-electron chi connectivity index (χ0n) is 33.3. The highest BCUT2D eigenvalue weighted by Crippen LogP contribution is 2.46. The summed E-state index contributed by atoms with van der Waals surface area (Å²) in [5, 5.41) is 45.3. The molecule has 3 heterocycles. The number of nitriles is 2. The fourth-order valence-corrected chi connectivity index (χ4v) is 7.75. The van der Waals surface area contributed by atoms with Crippen molar-refractivity contribution in [3.63, 3.8) is 0 Å². The van der Waals surface area contributed by atoms with Gasteiger partial charge in [0.2, 0.25) is 5.60 Å². The Morgan fingerprint density at radius 1 is 0.930 bits per heavy atom. The monoisotopic (exact) mass is 812 g/mol. The third-order valence-corrected chi connectivity index (χ3v) is 11.3. The van der Waals surface area contributed by atoms with Gasteiger partial charge >= 0.3 is 7.82 Å². The molecule has 57 heavy (non-hydrogen) atoms. The quantitative estimate of drug-likeness (QED) is 0.0408. The first-order valence-corrected chi connectivity index (χ1v) is 22.0. The van der Waals surface area contributed by atoms with Crippen LogP contribution in [0.5, 0.6) is 0 Å². The SMILES string of the molecule is CCCCCCCCCCCCCCCCCCOC[C@H](COP(=O)(O)OC[C@H]1O[C@@](C#N)(c2ccc3c(N)ncnn23)[C@H](O)[C@@H]1O)OCc1cccc(C#N)c1. The van der Waals surface area contributed by atoms with E-state index in [4.69, 9.17) is 29.0 Å². The molecule has 16 heteroatoms. The molecule has 0 aliphatic carbocycles. The first-order chi connectivity index (χ1) is 27.6. The number of phosphoric ester groups is 1. The summed E-state index contributed by atoms with van der Waals surface area (Å²) >= 11 is 0. The molecule has 1 saturated heterocycles. The Morgan fingerprint density at radius 2 is 1.58 bits per heavy atom. The molecule has 1 aromatic carbocycles. The predicted octanol–water partition coefficient (Wildman–Crippen LogP) is 7.02. The van der Waals surface area contributed by atoms with E-state index in [2.05, 4.69) is 23.1 Å². The number of unbranched alkanes of at least 4 members (excludes halogenated alkanes) is 15. The first kappa shape index (κ1) is 46.2. The van der Waals surface area contributed by atoms with Crippen LogP contribution >= 0.6 is 7.82 Å². The van der Waals surface area contributed by atoms with Gasteiger partial charge in [-0.1, -0.05) is 115 Å². The minimum Gasteiger partial charge on any atom is -0.387 e. The maximum Gasteiger partial charge on any atom is 0.472 e. The summed E-state index contributed by atoms with van der Waals surface area (Å²) in [6.07, 6.45) is 15.9. The molecule has 15 nitrogen and oxygen atoms in total. The lowest BCUT2D eigenvalue weighted by atomic mass is 9.92. The molecule has 1 unspecified atom stereocenters. The van der Waals surface area contributed by atoms with Crippen LogP contribution in [0.2, 0.25) is 0 Å². The molecule has 2 aromatic heterocycles. The maximum atomic E-state index is 13.0. The van der Waals surface area contributed by atoms with Gasteiger partial charge in [-0.3, -0.25) is 9.05 Å². The number of nitrogens with zero attached hydrogens (tertiary/aromatic N) is 5. The molecule has 0 saturated carbocycles. The van der Waals surface area contributed by atoms with E-state index in [9.17, 15) is 30.2 Å². The van der Waals surface area contributed by atoms with Crippen LogP contribution in [0, 0.1) is 22.7 Å². The first-order valence-electron chi connectivity index (χ1n) is 20.5. The lowest BCUT2D eigenvalue weighted by Gasteiger charge is -2.24. The standard InChI is InChI=1S/C41H61N6O9P/c1-2-3-4-5-6-7-8-9-10-11-12-13-14-15-16-17-23-52-27-34(53-26-33-20-18-19-32(24-33)25-42)28-54-57(50,51)55-29-36-38(48)39(49)41(30-43,56-36)37-22-21-35-40(44)45-31-46-47(35)37/h18-22,24,31,34,36,38-39,48-49H,2-17,23,26-29H2,1H3,(H,50,51)(H2,44,45,46)/t34-,36-,38-,39-,41+/m1/s1. The normalized spacial score (nSPS) is 21.0. The number of ether oxygens (including phenoxy) is 3. The zero-order valence-corrected chi connectivity index (χ0v) is 34.1. The number of benzene rings is 1. The van der Waals surface area contributed by atoms with Crippen LogP contribution in [-0.4, -0.2) is 80.5 Å². The lowest BCUT2D eigenvalue weighted by molar-refractivity contribution is -0.0690. The molecule has 1 fully saturated rings. The number of aliphatic hydroxyl groups excluding tert-OH is 2. The van der Waals surface area contributed by atoms with Gasteiger partial charge in [0.15, 0.2) is 5.82 Å². The summed E-state index contributed by atoms with van der Waals surface area (Å²) in [6, 6.07) is 13.9. The molecule has 0 radical (unpaired) electrons. The smallest absolute Gasteiger partial charge is 0.387 e. The summed E-state index contributed by atoms with van der Waals surface area (Å²) in [5.41, 5.74) is 5.44. The molecule has 1 aliphatic rings. The van der Waals surface area contributed by atoms with Crippen molar-refractivity contribution in [3.05, 3.63) is 59.5 Å². The van der Waals surface area contributed by atoms with Gasteiger partial charge in [0.25, 0.3) is 0 Å². The number of anilines is 1.